The number of hydrogen-bond acceptors (Lipinski definition) is 4. The molecule has 1 amide bonds. The molecular formula is C17H25NO4. The summed E-state index contributed by atoms with van der Waals surface area (Å²) in [6.45, 7) is 11.3. The largest absolute Gasteiger partial charge is 0.443 e. The molecule has 0 bridgehead atoms. The number of amides is 1. The zero-order valence-corrected chi connectivity index (χ0v) is 14.2. The summed E-state index contributed by atoms with van der Waals surface area (Å²) in [6.07, 6.45) is -0.190. The summed E-state index contributed by atoms with van der Waals surface area (Å²) < 4.78 is 10.8. The van der Waals surface area contributed by atoms with Gasteiger partial charge in [0.25, 0.3) is 0 Å². The van der Waals surface area contributed by atoms with E-state index in [-0.39, 0.29) is 12.4 Å². The van der Waals surface area contributed by atoms with Gasteiger partial charge in [0.15, 0.2) is 5.75 Å². The maximum atomic E-state index is 12.4. The number of ether oxygens (including phenoxy) is 2. The third-order valence-corrected chi connectivity index (χ3v) is 2.91. The van der Waals surface area contributed by atoms with Gasteiger partial charge < -0.3 is 9.47 Å². The number of hydrogen-bond donors (Lipinski definition) is 0. The number of nitrogens with zero attached hydrogens (tertiary/aromatic N) is 1. The van der Waals surface area contributed by atoms with E-state index in [1.807, 2.05) is 40.7 Å². The minimum absolute atomic E-state index is 0.270. The predicted octanol–water partition coefficient (Wildman–Crippen LogP) is 4.07. The van der Waals surface area contributed by atoms with Crippen LogP contribution < -0.4 is 9.64 Å². The van der Waals surface area contributed by atoms with Gasteiger partial charge in [0.2, 0.25) is 0 Å². The first-order valence-electron chi connectivity index (χ1n) is 7.50. The van der Waals surface area contributed by atoms with E-state index < -0.39 is 11.7 Å². The van der Waals surface area contributed by atoms with Crippen LogP contribution in [0.2, 0.25) is 0 Å². The van der Waals surface area contributed by atoms with E-state index in [1.165, 1.54) is 4.90 Å². The molecule has 0 aliphatic carbocycles. The highest BCUT2D eigenvalue weighted by molar-refractivity contribution is 5.92. The van der Waals surface area contributed by atoms with Gasteiger partial charge in [-0.25, -0.2) is 4.79 Å². The van der Waals surface area contributed by atoms with Crippen molar-refractivity contribution in [3.63, 3.8) is 0 Å². The van der Waals surface area contributed by atoms with Gasteiger partial charge >= 0.3 is 12.1 Å². The summed E-state index contributed by atoms with van der Waals surface area (Å²) in [6, 6.07) is 5.34. The van der Waals surface area contributed by atoms with Crippen LogP contribution in [0.15, 0.2) is 18.2 Å². The van der Waals surface area contributed by atoms with Crippen molar-refractivity contribution in [3.8, 4) is 5.75 Å². The number of anilines is 1. The van der Waals surface area contributed by atoms with E-state index in [2.05, 4.69) is 0 Å². The van der Waals surface area contributed by atoms with Crippen molar-refractivity contribution in [3.05, 3.63) is 23.8 Å². The number of carbonyl (C=O) groups is 2. The molecule has 0 atom stereocenters. The van der Waals surface area contributed by atoms with Crippen LogP contribution in [-0.2, 0) is 9.53 Å². The first-order chi connectivity index (χ1) is 10.2. The van der Waals surface area contributed by atoms with Gasteiger partial charge in [-0.3, -0.25) is 9.69 Å². The average Bonchev–Trinajstić information content (AvgIpc) is 2.40. The molecule has 0 spiro atoms. The molecule has 1 rings (SSSR count). The SMILES string of the molecule is CCC(=O)Oc1cccc(C)c1N(CC)C(=O)OC(C)(C)C. The Balaban J connectivity index is 3.20. The molecule has 0 unspecified atom stereocenters. The van der Waals surface area contributed by atoms with Gasteiger partial charge in [-0.1, -0.05) is 19.1 Å². The number of rotatable bonds is 4. The number of carbonyl (C=O) groups excluding carboxylic acids is 2. The number of benzene rings is 1. The van der Waals surface area contributed by atoms with E-state index in [1.54, 1.807) is 19.1 Å². The number of aryl methyl sites for hydroxylation is 1. The summed E-state index contributed by atoms with van der Waals surface area (Å²) in [5.74, 6) is 0.0339. The molecule has 5 nitrogen and oxygen atoms in total. The fourth-order valence-electron chi connectivity index (χ4n) is 1.95. The van der Waals surface area contributed by atoms with Gasteiger partial charge in [-0.15, -0.1) is 0 Å². The Morgan fingerprint density at radius 1 is 1.18 bits per heavy atom. The van der Waals surface area contributed by atoms with Gasteiger partial charge in [0.1, 0.15) is 5.60 Å². The maximum absolute atomic E-state index is 12.4. The quantitative estimate of drug-likeness (QED) is 0.621. The first kappa shape index (κ1) is 18.0. The predicted molar refractivity (Wildman–Crippen MR) is 86.4 cm³/mol. The normalized spacial score (nSPS) is 11.0. The maximum Gasteiger partial charge on any atom is 0.414 e. The zero-order chi connectivity index (χ0) is 16.9. The monoisotopic (exact) mass is 307 g/mol. The molecule has 22 heavy (non-hydrogen) atoms. The van der Waals surface area contributed by atoms with Crippen LogP contribution in [0.3, 0.4) is 0 Å². The second-order valence-electron chi connectivity index (χ2n) is 5.97. The second-order valence-corrected chi connectivity index (χ2v) is 5.97. The fraction of sp³-hybridized carbons (Fsp3) is 0.529. The second kappa shape index (κ2) is 7.29. The fourth-order valence-corrected chi connectivity index (χ4v) is 1.95. The smallest absolute Gasteiger partial charge is 0.414 e. The molecule has 0 aromatic heterocycles. The van der Waals surface area contributed by atoms with Crippen LogP contribution in [0.25, 0.3) is 0 Å². The van der Waals surface area contributed by atoms with Crippen molar-refractivity contribution in [2.45, 2.75) is 53.6 Å². The summed E-state index contributed by atoms with van der Waals surface area (Å²) in [5, 5.41) is 0. The molecule has 0 aliphatic heterocycles. The summed E-state index contributed by atoms with van der Waals surface area (Å²) in [7, 11) is 0. The van der Waals surface area contributed by atoms with Gasteiger partial charge in [0, 0.05) is 13.0 Å². The highest BCUT2D eigenvalue weighted by atomic mass is 16.6. The van der Waals surface area contributed by atoms with E-state index in [4.69, 9.17) is 9.47 Å². The van der Waals surface area contributed by atoms with Crippen molar-refractivity contribution in [1.82, 2.24) is 0 Å². The lowest BCUT2D eigenvalue weighted by molar-refractivity contribution is -0.134. The van der Waals surface area contributed by atoms with Crippen molar-refractivity contribution in [1.29, 1.82) is 0 Å². The molecule has 1 aromatic rings. The molecule has 0 aliphatic rings. The first-order valence-corrected chi connectivity index (χ1v) is 7.50. The summed E-state index contributed by atoms with van der Waals surface area (Å²) in [5.41, 5.74) is 0.822. The molecule has 0 saturated carbocycles. The molecule has 1 aromatic carbocycles. The summed E-state index contributed by atoms with van der Waals surface area (Å²) in [4.78, 5) is 25.5. The lowest BCUT2D eigenvalue weighted by Crippen LogP contribution is -2.37. The van der Waals surface area contributed by atoms with E-state index in [0.717, 1.165) is 5.56 Å². The Kier molecular flexibility index (Phi) is 5.97. The molecular weight excluding hydrogens is 282 g/mol. The van der Waals surface area contributed by atoms with Crippen molar-refractivity contribution >= 4 is 17.7 Å². The Bertz CT molecular complexity index is 546. The van der Waals surface area contributed by atoms with Crippen LogP contribution in [0, 0.1) is 6.92 Å². The van der Waals surface area contributed by atoms with Crippen LogP contribution in [0.1, 0.15) is 46.6 Å². The molecule has 5 heteroatoms. The molecule has 122 valence electrons. The van der Waals surface area contributed by atoms with Crippen LogP contribution in [-0.4, -0.2) is 24.2 Å². The van der Waals surface area contributed by atoms with Crippen LogP contribution in [0.5, 0.6) is 5.75 Å². The van der Waals surface area contributed by atoms with Crippen molar-refractivity contribution < 1.29 is 19.1 Å². The minimum Gasteiger partial charge on any atom is -0.443 e. The highest BCUT2D eigenvalue weighted by Gasteiger charge is 2.26. The Morgan fingerprint density at radius 3 is 2.32 bits per heavy atom. The van der Waals surface area contributed by atoms with E-state index in [0.29, 0.717) is 18.0 Å². The molecule has 0 heterocycles. The van der Waals surface area contributed by atoms with Gasteiger partial charge in [-0.2, -0.15) is 0 Å². The van der Waals surface area contributed by atoms with Crippen molar-refractivity contribution in [2.24, 2.45) is 0 Å². The van der Waals surface area contributed by atoms with Gasteiger partial charge in [0.05, 0.1) is 5.69 Å². The minimum atomic E-state index is -0.590. The molecule has 0 saturated heterocycles. The Labute approximate surface area is 132 Å². The molecule has 0 radical (unpaired) electrons. The third kappa shape index (κ3) is 4.76. The average molecular weight is 307 g/mol. The molecule has 0 N–H and O–H groups in total. The number of para-hydroxylation sites is 1. The van der Waals surface area contributed by atoms with E-state index in [9.17, 15) is 9.59 Å². The molecule has 0 fully saturated rings. The number of esters is 1. The highest BCUT2D eigenvalue weighted by Crippen LogP contribution is 2.33. The lowest BCUT2D eigenvalue weighted by atomic mass is 10.1. The Morgan fingerprint density at radius 2 is 1.82 bits per heavy atom. The van der Waals surface area contributed by atoms with E-state index >= 15 is 0 Å². The topological polar surface area (TPSA) is 55.8 Å². The Hall–Kier alpha value is -2.04. The van der Waals surface area contributed by atoms with Crippen LogP contribution in [0.4, 0.5) is 10.5 Å². The van der Waals surface area contributed by atoms with Gasteiger partial charge in [-0.05, 0) is 46.2 Å². The lowest BCUT2D eigenvalue weighted by Gasteiger charge is -2.28. The van der Waals surface area contributed by atoms with Crippen LogP contribution >= 0.6 is 0 Å². The standard InChI is InChI=1S/C17H25NO4/c1-7-14(19)21-13-11-9-10-12(3)15(13)18(8-2)16(20)22-17(4,5)6/h9-11H,7-8H2,1-6H3. The van der Waals surface area contributed by atoms with Crippen molar-refractivity contribution in [2.75, 3.05) is 11.4 Å². The summed E-state index contributed by atoms with van der Waals surface area (Å²) >= 11 is 0. The third-order valence-electron chi connectivity index (χ3n) is 2.91. The zero-order valence-electron chi connectivity index (χ0n) is 14.2.